The summed E-state index contributed by atoms with van der Waals surface area (Å²) in [5.41, 5.74) is 0. The van der Waals surface area contributed by atoms with Crippen LogP contribution in [0, 0.1) is 0 Å². The first kappa shape index (κ1) is 11.8. The highest BCUT2D eigenvalue weighted by molar-refractivity contribution is 7.15. The lowest BCUT2D eigenvalue weighted by Crippen LogP contribution is -2.28. The maximum Gasteiger partial charge on any atom is 0.185 e. The largest absolute Gasteiger partial charge is 0.395 e. The average molecular weight is 241 g/mol. The Morgan fingerprint density at radius 3 is 2.75 bits per heavy atom. The Bertz CT molecular complexity index is 336. The van der Waals surface area contributed by atoms with E-state index in [1.54, 1.807) is 11.3 Å². The van der Waals surface area contributed by atoms with Crippen LogP contribution in [0.3, 0.4) is 0 Å². The summed E-state index contributed by atoms with van der Waals surface area (Å²) in [5.74, 6) is 0. The molecule has 1 aromatic rings. The highest BCUT2D eigenvalue weighted by Gasteiger charge is 2.28. The Kier molecular flexibility index (Phi) is 3.78. The number of nitrogens with zero attached hydrogens (tertiary/aromatic N) is 3. The van der Waals surface area contributed by atoms with Gasteiger partial charge >= 0.3 is 0 Å². The van der Waals surface area contributed by atoms with Gasteiger partial charge in [-0.1, -0.05) is 0 Å². The molecule has 90 valence electrons. The number of rotatable bonds is 6. The molecule has 0 aliphatic heterocycles. The van der Waals surface area contributed by atoms with Crippen molar-refractivity contribution in [2.24, 2.45) is 0 Å². The Morgan fingerprint density at radius 2 is 2.25 bits per heavy atom. The average Bonchev–Trinajstić information content (AvgIpc) is 2.98. The van der Waals surface area contributed by atoms with Gasteiger partial charge in [0.05, 0.1) is 6.61 Å². The number of thiazole rings is 1. The van der Waals surface area contributed by atoms with Crippen molar-refractivity contribution in [3.05, 3.63) is 11.1 Å². The number of hydrogen-bond acceptors (Lipinski definition) is 5. The Hall–Kier alpha value is -0.650. The van der Waals surface area contributed by atoms with Crippen molar-refractivity contribution in [2.45, 2.75) is 25.4 Å². The second-order valence-electron chi connectivity index (χ2n) is 4.43. The monoisotopic (exact) mass is 241 g/mol. The predicted octanol–water partition coefficient (Wildman–Crippen LogP) is 1.17. The number of aliphatic hydroxyl groups excluding tert-OH is 1. The van der Waals surface area contributed by atoms with E-state index in [9.17, 15) is 0 Å². The van der Waals surface area contributed by atoms with E-state index < -0.39 is 0 Å². The minimum Gasteiger partial charge on any atom is -0.395 e. The fourth-order valence-corrected chi connectivity index (χ4v) is 2.59. The molecule has 0 aromatic carbocycles. The zero-order chi connectivity index (χ0) is 11.5. The SMILES string of the molecule is CN(C)c1ncc(CN(CCO)C2CC2)s1. The van der Waals surface area contributed by atoms with Crippen LogP contribution in [0.5, 0.6) is 0 Å². The van der Waals surface area contributed by atoms with Gasteiger partial charge in [0.1, 0.15) is 0 Å². The van der Waals surface area contributed by atoms with Crippen molar-refractivity contribution >= 4 is 16.5 Å². The molecule has 1 aliphatic rings. The van der Waals surface area contributed by atoms with Crippen LogP contribution in [0.25, 0.3) is 0 Å². The first-order valence-electron chi connectivity index (χ1n) is 5.67. The molecule has 1 aromatic heterocycles. The van der Waals surface area contributed by atoms with Crippen LogP contribution in [0.2, 0.25) is 0 Å². The molecule has 0 saturated heterocycles. The first-order valence-corrected chi connectivity index (χ1v) is 6.49. The highest BCUT2D eigenvalue weighted by atomic mass is 32.1. The fourth-order valence-electron chi connectivity index (χ4n) is 1.74. The molecular weight excluding hydrogens is 222 g/mol. The minimum absolute atomic E-state index is 0.246. The number of aliphatic hydroxyl groups is 1. The van der Waals surface area contributed by atoms with Gasteiger partial charge in [0.25, 0.3) is 0 Å². The van der Waals surface area contributed by atoms with Gasteiger partial charge in [0, 0.05) is 44.3 Å². The van der Waals surface area contributed by atoms with E-state index in [1.165, 1.54) is 17.7 Å². The summed E-state index contributed by atoms with van der Waals surface area (Å²) in [6, 6.07) is 0.692. The summed E-state index contributed by atoms with van der Waals surface area (Å²) in [7, 11) is 4.02. The quantitative estimate of drug-likeness (QED) is 0.811. The molecule has 1 N–H and O–H groups in total. The topological polar surface area (TPSA) is 39.6 Å². The molecule has 0 unspecified atom stereocenters. The molecule has 1 saturated carbocycles. The van der Waals surface area contributed by atoms with Gasteiger partial charge in [-0.3, -0.25) is 4.90 Å². The standard InChI is InChI=1S/C11H19N3OS/c1-13(2)11-12-7-10(16-11)8-14(5-6-15)9-3-4-9/h7,9,15H,3-6,8H2,1-2H3. The third-order valence-electron chi connectivity index (χ3n) is 2.73. The molecule has 0 radical (unpaired) electrons. The van der Waals surface area contributed by atoms with Crippen molar-refractivity contribution in [3.63, 3.8) is 0 Å². The zero-order valence-electron chi connectivity index (χ0n) is 9.89. The molecule has 1 heterocycles. The molecule has 16 heavy (non-hydrogen) atoms. The second kappa shape index (κ2) is 5.12. The van der Waals surface area contributed by atoms with Crippen LogP contribution < -0.4 is 4.90 Å². The third-order valence-corrected chi connectivity index (χ3v) is 3.88. The van der Waals surface area contributed by atoms with E-state index in [4.69, 9.17) is 5.11 Å². The van der Waals surface area contributed by atoms with Crippen LogP contribution >= 0.6 is 11.3 Å². The summed E-state index contributed by atoms with van der Waals surface area (Å²) in [4.78, 5) is 10.0. The van der Waals surface area contributed by atoms with Crippen LogP contribution in [0.4, 0.5) is 5.13 Å². The van der Waals surface area contributed by atoms with E-state index in [-0.39, 0.29) is 6.61 Å². The highest BCUT2D eigenvalue weighted by Crippen LogP contribution is 2.30. The maximum atomic E-state index is 9.02. The van der Waals surface area contributed by atoms with E-state index in [1.807, 2.05) is 25.2 Å². The van der Waals surface area contributed by atoms with Gasteiger partial charge in [0.15, 0.2) is 5.13 Å². The Balaban J connectivity index is 1.95. The van der Waals surface area contributed by atoms with Crippen LogP contribution in [0.1, 0.15) is 17.7 Å². The summed E-state index contributed by atoms with van der Waals surface area (Å²) in [6.45, 7) is 1.95. The van der Waals surface area contributed by atoms with Gasteiger partial charge in [0.2, 0.25) is 0 Å². The summed E-state index contributed by atoms with van der Waals surface area (Å²) >= 11 is 1.73. The normalized spacial score (nSPS) is 15.8. The van der Waals surface area contributed by atoms with Crippen molar-refractivity contribution in [3.8, 4) is 0 Å². The molecule has 1 fully saturated rings. The lowest BCUT2D eigenvalue weighted by Gasteiger charge is -2.19. The van der Waals surface area contributed by atoms with E-state index in [0.29, 0.717) is 6.04 Å². The van der Waals surface area contributed by atoms with Gasteiger partial charge in [-0.15, -0.1) is 11.3 Å². The van der Waals surface area contributed by atoms with Gasteiger partial charge in [-0.2, -0.15) is 0 Å². The molecule has 4 nitrogen and oxygen atoms in total. The molecule has 5 heteroatoms. The molecular formula is C11H19N3OS. The first-order chi connectivity index (χ1) is 7.70. The van der Waals surface area contributed by atoms with Gasteiger partial charge < -0.3 is 10.0 Å². The van der Waals surface area contributed by atoms with Crippen LogP contribution in [-0.4, -0.2) is 48.3 Å². The fraction of sp³-hybridized carbons (Fsp3) is 0.727. The van der Waals surface area contributed by atoms with Crippen molar-refractivity contribution < 1.29 is 5.11 Å². The van der Waals surface area contributed by atoms with Crippen LogP contribution in [-0.2, 0) is 6.54 Å². The Morgan fingerprint density at radius 1 is 1.50 bits per heavy atom. The molecule has 2 rings (SSSR count). The number of aromatic nitrogens is 1. The zero-order valence-corrected chi connectivity index (χ0v) is 10.7. The smallest absolute Gasteiger partial charge is 0.185 e. The summed E-state index contributed by atoms with van der Waals surface area (Å²) in [6.07, 6.45) is 4.51. The predicted molar refractivity (Wildman–Crippen MR) is 67.0 cm³/mol. The summed E-state index contributed by atoms with van der Waals surface area (Å²) in [5, 5.41) is 10.1. The van der Waals surface area contributed by atoms with Gasteiger partial charge in [-0.05, 0) is 12.8 Å². The minimum atomic E-state index is 0.246. The lowest BCUT2D eigenvalue weighted by atomic mass is 10.4. The summed E-state index contributed by atoms with van der Waals surface area (Å²) < 4.78 is 0. The van der Waals surface area contributed by atoms with E-state index in [2.05, 4.69) is 9.88 Å². The maximum absolute atomic E-state index is 9.02. The molecule has 1 aliphatic carbocycles. The van der Waals surface area contributed by atoms with Gasteiger partial charge in [-0.25, -0.2) is 4.98 Å². The van der Waals surface area contributed by atoms with E-state index in [0.717, 1.165) is 18.2 Å². The molecule has 0 spiro atoms. The Labute approximate surface area is 101 Å². The number of hydrogen-bond donors (Lipinski definition) is 1. The third kappa shape index (κ3) is 2.93. The van der Waals surface area contributed by atoms with Crippen LogP contribution in [0.15, 0.2) is 6.20 Å². The lowest BCUT2D eigenvalue weighted by molar-refractivity contribution is 0.184. The van der Waals surface area contributed by atoms with Crippen molar-refractivity contribution in [1.82, 2.24) is 9.88 Å². The molecule has 0 bridgehead atoms. The van der Waals surface area contributed by atoms with E-state index >= 15 is 0 Å². The van der Waals surface area contributed by atoms with Crippen molar-refractivity contribution in [2.75, 3.05) is 32.1 Å². The second-order valence-corrected chi connectivity index (χ2v) is 5.52. The molecule has 0 atom stereocenters. The van der Waals surface area contributed by atoms with Crippen molar-refractivity contribution in [1.29, 1.82) is 0 Å². The molecule has 0 amide bonds. The number of anilines is 1.